The van der Waals surface area contributed by atoms with Crippen LogP contribution in [0.1, 0.15) is 80.7 Å². The van der Waals surface area contributed by atoms with E-state index in [2.05, 4.69) is 24.5 Å². The van der Waals surface area contributed by atoms with Crippen molar-refractivity contribution in [2.24, 2.45) is 11.3 Å². The number of nitrogens with one attached hydrogen (secondary N) is 2. The quantitative estimate of drug-likeness (QED) is 0.359. The highest BCUT2D eigenvalue weighted by atomic mass is 16.6. The zero-order valence-electron chi connectivity index (χ0n) is 22.8. The van der Waals surface area contributed by atoms with Crippen molar-refractivity contribution in [3.05, 3.63) is 35.9 Å². The maximum absolute atomic E-state index is 13.2. The molecule has 2 amide bonds. The molecule has 0 aliphatic heterocycles. The molecule has 0 aliphatic rings. The lowest BCUT2D eigenvalue weighted by Gasteiger charge is -2.28. The van der Waals surface area contributed by atoms with Crippen molar-refractivity contribution in [2.45, 2.75) is 93.4 Å². The third kappa shape index (κ3) is 13.5. The van der Waals surface area contributed by atoms with Crippen LogP contribution in [0.5, 0.6) is 0 Å². The third-order valence-corrected chi connectivity index (χ3v) is 4.49. The van der Waals surface area contributed by atoms with Crippen LogP contribution in [0.3, 0.4) is 0 Å². The molecule has 0 radical (unpaired) electrons. The SMILES string of the molecule is CC(C)C[C@H](NC(=O)CNC(=O)OC(C)(C)C)C(=O)C(C)(C)C(=O)OCc1ccccc1.CCC. The van der Waals surface area contributed by atoms with Gasteiger partial charge in [-0.05, 0) is 52.5 Å². The summed E-state index contributed by atoms with van der Waals surface area (Å²) in [6.45, 7) is 15.9. The Bertz CT molecular complexity index is 813. The molecule has 1 rings (SSSR count). The number of esters is 1. The normalized spacial score (nSPS) is 12.1. The molecular weight excluding hydrogens is 448 g/mol. The Hall–Kier alpha value is -2.90. The topological polar surface area (TPSA) is 111 Å². The number of ketones is 1. The van der Waals surface area contributed by atoms with Gasteiger partial charge in [0.25, 0.3) is 0 Å². The molecule has 0 fully saturated rings. The van der Waals surface area contributed by atoms with Gasteiger partial charge in [-0.3, -0.25) is 14.4 Å². The van der Waals surface area contributed by atoms with Crippen molar-refractivity contribution >= 4 is 23.8 Å². The van der Waals surface area contributed by atoms with Crippen LogP contribution in [0, 0.1) is 11.3 Å². The summed E-state index contributed by atoms with van der Waals surface area (Å²) in [5.41, 5.74) is -1.34. The van der Waals surface area contributed by atoms with Gasteiger partial charge in [0.15, 0.2) is 5.78 Å². The largest absolute Gasteiger partial charge is 0.460 e. The van der Waals surface area contributed by atoms with Crippen LogP contribution in [-0.4, -0.2) is 41.9 Å². The summed E-state index contributed by atoms with van der Waals surface area (Å²) in [6.07, 6.45) is 0.857. The van der Waals surface area contributed by atoms with Crippen LogP contribution in [0.25, 0.3) is 0 Å². The zero-order valence-corrected chi connectivity index (χ0v) is 22.8. The molecule has 8 nitrogen and oxygen atoms in total. The highest BCUT2D eigenvalue weighted by Crippen LogP contribution is 2.24. The Labute approximate surface area is 210 Å². The molecular formula is C27H44N2O6. The summed E-state index contributed by atoms with van der Waals surface area (Å²) in [6, 6.07) is 8.26. The molecule has 8 heteroatoms. The van der Waals surface area contributed by atoms with Crippen molar-refractivity contribution in [1.29, 1.82) is 0 Å². The number of carbonyl (C=O) groups excluding carboxylic acids is 4. The average molecular weight is 493 g/mol. The Kier molecular flexibility index (Phi) is 13.9. The predicted molar refractivity (Wildman–Crippen MR) is 137 cm³/mol. The molecule has 1 aromatic carbocycles. The molecule has 1 aromatic rings. The number of amides is 2. The van der Waals surface area contributed by atoms with Gasteiger partial charge in [-0.1, -0.05) is 64.4 Å². The Morgan fingerprint density at radius 3 is 1.97 bits per heavy atom. The number of benzene rings is 1. The second kappa shape index (κ2) is 15.2. The highest BCUT2D eigenvalue weighted by molar-refractivity contribution is 6.06. The van der Waals surface area contributed by atoms with Crippen molar-refractivity contribution in [1.82, 2.24) is 10.6 Å². The lowest BCUT2D eigenvalue weighted by Crippen LogP contribution is -2.52. The maximum atomic E-state index is 13.2. The van der Waals surface area contributed by atoms with Crippen LogP contribution in [0.2, 0.25) is 0 Å². The van der Waals surface area contributed by atoms with Crippen molar-refractivity contribution in [2.75, 3.05) is 6.54 Å². The van der Waals surface area contributed by atoms with Gasteiger partial charge in [0.1, 0.15) is 24.2 Å². The smallest absolute Gasteiger partial charge is 0.408 e. The number of alkyl carbamates (subject to hydrolysis) is 1. The summed E-state index contributed by atoms with van der Waals surface area (Å²) < 4.78 is 10.4. The summed E-state index contributed by atoms with van der Waals surface area (Å²) >= 11 is 0. The molecule has 35 heavy (non-hydrogen) atoms. The van der Waals surface area contributed by atoms with E-state index in [1.807, 2.05) is 44.2 Å². The summed E-state index contributed by atoms with van der Waals surface area (Å²) in [5.74, 6) is -1.58. The van der Waals surface area contributed by atoms with Gasteiger partial charge in [0, 0.05) is 0 Å². The minimum Gasteiger partial charge on any atom is -0.460 e. The number of hydrogen-bond acceptors (Lipinski definition) is 6. The fourth-order valence-corrected chi connectivity index (χ4v) is 2.85. The van der Waals surface area contributed by atoms with Gasteiger partial charge in [-0.2, -0.15) is 0 Å². The molecule has 0 unspecified atom stereocenters. The van der Waals surface area contributed by atoms with Gasteiger partial charge in [0.2, 0.25) is 5.91 Å². The Morgan fingerprint density at radius 1 is 0.943 bits per heavy atom. The second-order valence-electron chi connectivity index (χ2n) is 10.4. The second-order valence-corrected chi connectivity index (χ2v) is 10.4. The fraction of sp³-hybridized carbons (Fsp3) is 0.630. The highest BCUT2D eigenvalue weighted by Gasteiger charge is 2.42. The van der Waals surface area contributed by atoms with Gasteiger partial charge >= 0.3 is 12.1 Å². The molecule has 0 spiro atoms. The molecule has 198 valence electrons. The minimum absolute atomic E-state index is 0.0530. The van der Waals surface area contributed by atoms with Crippen molar-refractivity contribution < 1.29 is 28.7 Å². The average Bonchev–Trinajstić information content (AvgIpc) is 2.74. The molecule has 0 saturated heterocycles. The zero-order chi connectivity index (χ0) is 27.2. The van der Waals surface area contributed by atoms with E-state index in [1.54, 1.807) is 20.8 Å². The maximum Gasteiger partial charge on any atom is 0.408 e. The monoisotopic (exact) mass is 492 g/mol. The number of hydrogen-bond donors (Lipinski definition) is 2. The standard InChI is InChI=1S/C24H36N2O6.C3H8/c1-16(2)13-18(26-19(27)14-25-22(30)32-23(3,4)5)20(28)24(6,7)21(29)31-15-17-11-9-8-10-12-17;1-3-2/h8-12,16,18H,13-15H2,1-7H3,(H,25,30)(H,26,27);3H2,1-2H3/t18-;/m0./s1. The first kappa shape index (κ1) is 32.1. The van der Waals surface area contributed by atoms with Gasteiger partial charge in [0.05, 0.1) is 6.04 Å². The first-order chi connectivity index (χ1) is 16.1. The van der Waals surface area contributed by atoms with E-state index in [1.165, 1.54) is 20.3 Å². The molecule has 0 saturated carbocycles. The third-order valence-electron chi connectivity index (χ3n) is 4.49. The van der Waals surface area contributed by atoms with E-state index < -0.39 is 40.8 Å². The fourth-order valence-electron chi connectivity index (χ4n) is 2.85. The van der Waals surface area contributed by atoms with Crippen molar-refractivity contribution in [3.8, 4) is 0 Å². The van der Waals surface area contributed by atoms with E-state index >= 15 is 0 Å². The number of rotatable bonds is 10. The summed E-state index contributed by atoms with van der Waals surface area (Å²) in [4.78, 5) is 50.0. The van der Waals surface area contributed by atoms with Gasteiger partial charge in [-0.25, -0.2) is 4.79 Å². The number of ether oxygens (including phenoxy) is 2. The van der Waals surface area contributed by atoms with E-state index in [-0.39, 0.29) is 19.1 Å². The van der Waals surface area contributed by atoms with E-state index in [9.17, 15) is 19.2 Å². The molecule has 0 heterocycles. The number of carbonyl (C=O) groups is 4. The lowest BCUT2D eigenvalue weighted by molar-refractivity contribution is -0.160. The minimum atomic E-state index is -1.46. The first-order valence-electron chi connectivity index (χ1n) is 12.2. The van der Waals surface area contributed by atoms with Crippen LogP contribution < -0.4 is 10.6 Å². The summed E-state index contributed by atoms with van der Waals surface area (Å²) in [7, 11) is 0. The van der Waals surface area contributed by atoms with E-state index in [0.717, 1.165) is 5.56 Å². The van der Waals surface area contributed by atoms with Crippen LogP contribution in [0.15, 0.2) is 30.3 Å². The molecule has 0 aromatic heterocycles. The number of Topliss-reactive ketones (excluding diaryl/α,β-unsaturated/α-hetero) is 1. The molecule has 0 bridgehead atoms. The molecule has 0 aliphatic carbocycles. The van der Waals surface area contributed by atoms with E-state index in [4.69, 9.17) is 9.47 Å². The first-order valence-corrected chi connectivity index (χ1v) is 12.2. The predicted octanol–water partition coefficient (Wildman–Crippen LogP) is 4.80. The summed E-state index contributed by atoms with van der Waals surface area (Å²) in [5, 5.41) is 5.00. The van der Waals surface area contributed by atoms with Crippen LogP contribution >= 0.6 is 0 Å². The lowest BCUT2D eigenvalue weighted by atomic mass is 9.81. The van der Waals surface area contributed by atoms with Gasteiger partial charge in [-0.15, -0.1) is 0 Å². The Morgan fingerprint density at radius 2 is 1.49 bits per heavy atom. The molecule has 2 N–H and O–H groups in total. The Balaban J connectivity index is 0.00000365. The molecule has 1 atom stereocenters. The van der Waals surface area contributed by atoms with Crippen LogP contribution in [-0.2, 0) is 30.5 Å². The van der Waals surface area contributed by atoms with Crippen molar-refractivity contribution in [3.63, 3.8) is 0 Å². The van der Waals surface area contributed by atoms with Gasteiger partial charge < -0.3 is 20.1 Å². The van der Waals surface area contributed by atoms with E-state index in [0.29, 0.717) is 6.42 Å². The van der Waals surface area contributed by atoms with Crippen LogP contribution in [0.4, 0.5) is 4.79 Å².